The summed E-state index contributed by atoms with van der Waals surface area (Å²) in [5.41, 5.74) is 0. The van der Waals surface area contributed by atoms with Crippen molar-refractivity contribution >= 4 is 5.97 Å². The summed E-state index contributed by atoms with van der Waals surface area (Å²) in [5, 5.41) is 29.8. The van der Waals surface area contributed by atoms with Gasteiger partial charge in [0, 0.05) is 6.54 Å². The zero-order chi connectivity index (χ0) is 12.6. The van der Waals surface area contributed by atoms with E-state index >= 15 is 0 Å². The molecule has 6 heteroatoms. The van der Waals surface area contributed by atoms with E-state index in [-0.39, 0.29) is 13.2 Å². The van der Waals surface area contributed by atoms with Gasteiger partial charge in [-0.25, -0.2) is 0 Å². The first-order valence-corrected chi connectivity index (χ1v) is 5.00. The smallest absolute Gasteiger partial charge is 0.323 e. The number of carboxylic acids is 1. The average Bonchev–Trinajstić information content (AvgIpc) is 2.17. The van der Waals surface area contributed by atoms with Gasteiger partial charge in [-0.05, 0) is 6.92 Å². The fraction of sp³-hybridized carbons (Fsp3) is 0.700. The van der Waals surface area contributed by atoms with E-state index in [1.165, 1.54) is 6.92 Å². The van der Waals surface area contributed by atoms with Gasteiger partial charge < -0.3 is 20.1 Å². The van der Waals surface area contributed by atoms with Crippen LogP contribution >= 0.6 is 0 Å². The molecule has 0 aliphatic heterocycles. The highest BCUT2D eigenvalue weighted by atomic mass is 16.5. The van der Waals surface area contributed by atoms with Crippen molar-refractivity contribution in [3.05, 3.63) is 12.7 Å². The normalized spacial score (nSPS) is 16.4. The van der Waals surface area contributed by atoms with Gasteiger partial charge in [0.1, 0.15) is 6.04 Å². The topological polar surface area (TPSA) is 99.0 Å². The van der Waals surface area contributed by atoms with Gasteiger partial charge in [-0.15, -0.1) is 6.58 Å². The highest BCUT2D eigenvalue weighted by molar-refractivity contribution is 5.74. The molecule has 0 saturated carbocycles. The quantitative estimate of drug-likeness (QED) is 0.300. The molecule has 0 fully saturated rings. The van der Waals surface area contributed by atoms with Crippen molar-refractivity contribution in [3.8, 4) is 0 Å². The van der Waals surface area contributed by atoms with Gasteiger partial charge in [0.15, 0.2) is 0 Å². The number of carbonyl (C=O) groups is 1. The molecule has 0 amide bonds. The first-order chi connectivity index (χ1) is 7.49. The van der Waals surface area contributed by atoms with Gasteiger partial charge in [-0.3, -0.25) is 10.1 Å². The van der Waals surface area contributed by atoms with Crippen molar-refractivity contribution in [2.45, 2.75) is 25.2 Å². The van der Waals surface area contributed by atoms with Gasteiger partial charge in [-0.2, -0.15) is 0 Å². The van der Waals surface area contributed by atoms with Gasteiger partial charge >= 0.3 is 5.97 Å². The minimum Gasteiger partial charge on any atom is -0.480 e. The van der Waals surface area contributed by atoms with E-state index in [1.807, 2.05) is 0 Å². The third-order valence-electron chi connectivity index (χ3n) is 1.87. The monoisotopic (exact) mass is 233 g/mol. The summed E-state index contributed by atoms with van der Waals surface area (Å²) in [6, 6.07) is -1.09. The maximum absolute atomic E-state index is 10.7. The van der Waals surface area contributed by atoms with Crippen molar-refractivity contribution in [2.24, 2.45) is 0 Å². The van der Waals surface area contributed by atoms with Crippen LogP contribution in [-0.2, 0) is 9.53 Å². The van der Waals surface area contributed by atoms with E-state index in [0.29, 0.717) is 6.61 Å². The molecule has 4 N–H and O–H groups in total. The Labute approximate surface area is 94.5 Å². The third kappa shape index (κ3) is 6.52. The van der Waals surface area contributed by atoms with Gasteiger partial charge in [0.05, 0.1) is 25.4 Å². The number of rotatable bonds is 9. The van der Waals surface area contributed by atoms with Crippen molar-refractivity contribution in [3.63, 3.8) is 0 Å². The van der Waals surface area contributed by atoms with E-state index in [1.54, 1.807) is 6.08 Å². The Morgan fingerprint density at radius 2 is 2.19 bits per heavy atom. The number of nitrogens with one attached hydrogen (secondary N) is 1. The van der Waals surface area contributed by atoms with Crippen molar-refractivity contribution in [1.82, 2.24) is 5.32 Å². The summed E-state index contributed by atoms with van der Waals surface area (Å²) in [7, 11) is 0. The predicted molar refractivity (Wildman–Crippen MR) is 58.1 cm³/mol. The molecule has 94 valence electrons. The lowest BCUT2D eigenvalue weighted by atomic mass is 10.2. The zero-order valence-corrected chi connectivity index (χ0v) is 9.30. The first kappa shape index (κ1) is 15.0. The van der Waals surface area contributed by atoms with Crippen LogP contribution in [0.25, 0.3) is 0 Å². The molecular formula is C10H19NO5. The van der Waals surface area contributed by atoms with Crippen LogP contribution in [0.15, 0.2) is 12.7 Å². The molecule has 16 heavy (non-hydrogen) atoms. The minimum atomic E-state index is -1.16. The Morgan fingerprint density at radius 1 is 1.56 bits per heavy atom. The van der Waals surface area contributed by atoms with Crippen LogP contribution in [0.5, 0.6) is 0 Å². The van der Waals surface area contributed by atoms with Gasteiger partial charge in [0.2, 0.25) is 0 Å². The van der Waals surface area contributed by atoms with Crippen LogP contribution in [-0.4, -0.2) is 59.3 Å². The number of aliphatic carboxylic acids is 1. The number of aliphatic hydroxyl groups is 2. The summed E-state index contributed by atoms with van der Waals surface area (Å²) in [6.45, 7) is 5.27. The van der Waals surface area contributed by atoms with Crippen LogP contribution < -0.4 is 5.32 Å². The van der Waals surface area contributed by atoms with E-state index < -0.39 is 24.2 Å². The standard InChI is InChI=1S/C10H19NO5/c1-3-4-16-6-8(13)5-11-9(7(2)12)10(14)15/h3,7-9,11-13H,1,4-6H2,2H3,(H,14,15)/t7-,8?,9+/m1/s1. The van der Waals surface area contributed by atoms with E-state index in [4.69, 9.17) is 14.9 Å². The molecule has 0 aromatic heterocycles. The maximum Gasteiger partial charge on any atom is 0.323 e. The second-order valence-corrected chi connectivity index (χ2v) is 3.44. The van der Waals surface area contributed by atoms with Crippen LogP contribution in [0.4, 0.5) is 0 Å². The Balaban J connectivity index is 3.82. The molecule has 0 heterocycles. The average molecular weight is 233 g/mol. The second-order valence-electron chi connectivity index (χ2n) is 3.44. The molecule has 6 nitrogen and oxygen atoms in total. The molecule has 0 spiro atoms. The van der Waals surface area contributed by atoms with Crippen molar-refractivity contribution in [1.29, 1.82) is 0 Å². The summed E-state index contributed by atoms with van der Waals surface area (Å²) >= 11 is 0. The van der Waals surface area contributed by atoms with Crippen molar-refractivity contribution < 1.29 is 24.9 Å². The molecule has 0 bridgehead atoms. The molecule has 0 rings (SSSR count). The maximum atomic E-state index is 10.7. The lowest BCUT2D eigenvalue weighted by Gasteiger charge is -2.19. The predicted octanol–water partition coefficient (Wildman–Crippen LogP) is -1.03. The van der Waals surface area contributed by atoms with Crippen LogP contribution in [0.2, 0.25) is 0 Å². The number of hydrogen-bond donors (Lipinski definition) is 4. The van der Waals surface area contributed by atoms with Gasteiger partial charge in [-0.1, -0.05) is 6.08 Å². The lowest BCUT2D eigenvalue weighted by molar-refractivity contribution is -0.142. The number of ether oxygens (including phenoxy) is 1. The van der Waals surface area contributed by atoms with E-state index in [0.717, 1.165) is 0 Å². The van der Waals surface area contributed by atoms with Crippen LogP contribution in [0.3, 0.4) is 0 Å². The molecule has 0 aliphatic rings. The molecular weight excluding hydrogens is 214 g/mol. The lowest BCUT2D eigenvalue weighted by Crippen LogP contribution is -2.48. The fourth-order valence-corrected chi connectivity index (χ4v) is 1.07. The summed E-state index contributed by atoms with van der Waals surface area (Å²) < 4.78 is 4.98. The number of carboxylic acid groups (broad SMARTS) is 1. The molecule has 0 saturated heterocycles. The number of hydrogen-bond acceptors (Lipinski definition) is 5. The van der Waals surface area contributed by atoms with Gasteiger partial charge in [0.25, 0.3) is 0 Å². The molecule has 0 radical (unpaired) electrons. The third-order valence-corrected chi connectivity index (χ3v) is 1.87. The highest BCUT2D eigenvalue weighted by Crippen LogP contribution is 1.94. The summed E-state index contributed by atoms with van der Waals surface area (Å²) in [4.78, 5) is 10.7. The van der Waals surface area contributed by atoms with Crippen molar-refractivity contribution in [2.75, 3.05) is 19.8 Å². The summed E-state index contributed by atoms with van der Waals surface area (Å²) in [6.07, 6.45) is -0.296. The first-order valence-electron chi connectivity index (χ1n) is 5.00. The molecule has 3 atom stereocenters. The highest BCUT2D eigenvalue weighted by Gasteiger charge is 2.22. The zero-order valence-electron chi connectivity index (χ0n) is 9.30. The Bertz CT molecular complexity index is 219. The second kappa shape index (κ2) is 8.23. The SMILES string of the molecule is C=CCOCC(O)CN[C@H](C(=O)O)[C@@H](C)O. The molecule has 1 unspecified atom stereocenters. The van der Waals surface area contributed by atoms with E-state index in [2.05, 4.69) is 11.9 Å². The molecule has 0 aromatic rings. The minimum absolute atomic E-state index is 0.0407. The largest absolute Gasteiger partial charge is 0.480 e. The summed E-state index contributed by atoms with van der Waals surface area (Å²) in [5.74, 6) is -1.16. The Kier molecular flexibility index (Phi) is 7.74. The molecule has 0 aromatic carbocycles. The Hall–Kier alpha value is -0.950. The van der Waals surface area contributed by atoms with Crippen LogP contribution in [0.1, 0.15) is 6.92 Å². The van der Waals surface area contributed by atoms with Crippen LogP contribution in [0, 0.1) is 0 Å². The Morgan fingerprint density at radius 3 is 2.62 bits per heavy atom. The number of aliphatic hydroxyl groups excluding tert-OH is 2. The molecule has 0 aliphatic carbocycles. The fourth-order valence-electron chi connectivity index (χ4n) is 1.07. The van der Waals surface area contributed by atoms with E-state index in [9.17, 15) is 9.90 Å².